The molecule has 27 heavy (non-hydrogen) atoms. The third-order valence-electron chi connectivity index (χ3n) is 4.63. The Labute approximate surface area is 165 Å². The molecule has 1 N–H and O–H groups in total. The number of pyridine rings is 1. The molecular formula is C21H17BrFN3O. The molecule has 0 aliphatic carbocycles. The van der Waals surface area contributed by atoms with Crippen LogP contribution in [-0.4, -0.2) is 15.8 Å². The predicted octanol–water partition coefficient (Wildman–Crippen LogP) is 5.06. The molecule has 1 aromatic heterocycles. The number of aromatic nitrogens is 1. The first-order valence-corrected chi connectivity index (χ1v) is 9.35. The van der Waals surface area contributed by atoms with Crippen molar-refractivity contribution < 1.29 is 9.18 Å². The van der Waals surface area contributed by atoms with Crippen molar-refractivity contribution in [3.63, 3.8) is 0 Å². The fourth-order valence-corrected chi connectivity index (χ4v) is 3.47. The van der Waals surface area contributed by atoms with Crippen LogP contribution in [0.4, 0.5) is 10.1 Å². The first kappa shape index (κ1) is 17.7. The summed E-state index contributed by atoms with van der Waals surface area (Å²) in [6.45, 7) is 2.38. The van der Waals surface area contributed by atoms with E-state index in [1.807, 2.05) is 25.1 Å². The second-order valence-corrected chi connectivity index (χ2v) is 7.36. The maximum absolute atomic E-state index is 13.2. The minimum Gasteiger partial charge on any atom is -0.360 e. The molecule has 3 aromatic rings. The SMILES string of the molecule is Cc1cc(NC2c3ncccc3C(=O)N2Cc2ccc(F)cc2)ccc1Br. The summed E-state index contributed by atoms with van der Waals surface area (Å²) < 4.78 is 14.2. The summed E-state index contributed by atoms with van der Waals surface area (Å²) in [5, 5.41) is 3.42. The van der Waals surface area contributed by atoms with Gasteiger partial charge in [-0.05, 0) is 60.5 Å². The summed E-state index contributed by atoms with van der Waals surface area (Å²) in [5.74, 6) is -0.384. The Kier molecular flexibility index (Phi) is 4.66. The minimum atomic E-state index is -0.390. The van der Waals surface area contributed by atoms with E-state index in [0.717, 1.165) is 21.3 Å². The maximum atomic E-state index is 13.2. The number of carbonyl (C=O) groups is 1. The van der Waals surface area contributed by atoms with E-state index in [1.54, 1.807) is 35.4 Å². The third-order valence-corrected chi connectivity index (χ3v) is 5.52. The molecule has 2 aromatic carbocycles. The zero-order valence-electron chi connectivity index (χ0n) is 14.6. The van der Waals surface area contributed by atoms with Crippen LogP contribution in [0.25, 0.3) is 0 Å². The van der Waals surface area contributed by atoms with Crippen molar-refractivity contribution in [2.24, 2.45) is 0 Å². The van der Waals surface area contributed by atoms with Gasteiger partial charge in [0.2, 0.25) is 0 Å². The Morgan fingerprint density at radius 3 is 2.70 bits per heavy atom. The lowest BCUT2D eigenvalue weighted by Crippen LogP contribution is -2.32. The van der Waals surface area contributed by atoms with Crippen LogP contribution in [0, 0.1) is 12.7 Å². The maximum Gasteiger partial charge on any atom is 0.258 e. The van der Waals surface area contributed by atoms with Crippen LogP contribution in [0.5, 0.6) is 0 Å². The molecule has 0 saturated heterocycles. The normalized spacial score (nSPS) is 15.7. The highest BCUT2D eigenvalue weighted by Crippen LogP contribution is 2.34. The molecule has 1 unspecified atom stereocenters. The number of benzene rings is 2. The van der Waals surface area contributed by atoms with Crippen molar-refractivity contribution in [3.05, 3.63) is 93.5 Å². The summed E-state index contributed by atoms with van der Waals surface area (Å²) >= 11 is 3.50. The minimum absolute atomic E-state index is 0.0891. The summed E-state index contributed by atoms with van der Waals surface area (Å²) in [6.07, 6.45) is 1.30. The lowest BCUT2D eigenvalue weighted by atomic mass is 10.2. The van der Waals surface area contributed by atoms with Gasteiger partial charge in [0.1, 0.15) is 12.0 Å². The monoisotopic (exact) mass is 425 g/mol. The molecule has 1 atom stereocenters. The first-order valence-electron chi connectivity index (χ1n) is 8.56. The van der Waals surface area contributed by atoms with E-state index in [4.69, 9.17) is 0 Å². The molecule has 0 saturated carbocycles. The summed E-state index contributed by atoms with van der Waals surface area (Å²) in [6, 6.07) is 15.7. The molecule has 1 aliphatic rings. The highest BCUT2D eigenvalue weighted by Gasteiger charge is 2.37. The average Bonchev–Trinajstić information content (AvgIpc) is 2.92. The van der Waals surface area contributed by atoms with Gasteiger partial charge in [-0.15, -0.1) is 0 Å². The van der Waals surface area contributed by atoms with Crippen molar-refractivity contribution in [1.29, 1.82) is 0 Å². The van der Waals surface area contributed by atoms with Crippen LogP contribution in [0.1, 0.15) is 33.3 Å². The Balaban J connectivity index is 1.68. The van der Waals surface area contributed by atoms with Gasteiger partial charge in [0.05, 0.1) is 11.3 Å². The average molecular weight is 426 g/mol. The standard InChI is InChI=1S/C21H17BrFN3O/c1-13-11-16(8-9-18(13)22)25-20-19-17(3-2-10-24-19)21(27)26(20)12-14-4-6-15(23)7-5-14/h2-11,20,25H,12H2,1H3. The largest absolute Gasteiger partial charge is 0.360 e. The zero-order chi connectivity index (χ0) is 19.0. The lowest BCUT2D eigenvalue weighted by molar-refractivity contribution is 0.0728. The molecule has 4 rings (SSSR count). The van der Waals surface area contributed by atoms with Gasteiger partial charge >= 0.3 is 0 Å². The molecule has 0 bridgehead atoms. The van der Waals surface area contributed by atoms with Crippen LogP contribution in [0.2, 0.25) is 0 Å². The van der Waals surface area contributed by atoms with E-state index in [1.165, 1.54) is 12.1 Å². The van der Waals surface area contributed by atoms with E-state index in [9.17, 15) is 9.18 Å². The van der Waals surface area contributed by atoms with E-state index in [-0.39, 0.29) is 17.9 Å². The number of aryl methyl sites for hydroxylation is 1. The smallest absolute Gasteiger partial charge is 0.258 e. The predicted molar refractivity (Wildman–Crippen MR) is 106 cm³/mol. The molecule has 0 spiro atoms. The van der Waals surface area contributed by atoms with Gasteiger partial charge in [-0.25, -0.2) is 4.39 Å². The Hall–Kier alpha value is -2.73. The van der Waals surface area contributed by atoms with Crippen molar-refractivity contribution in [1.82, 2.24) is 9.88 Å². The molecule has 1 amide bonds. The summed E-state index contributed by atoms with van der Waals surface area (Å²) in [5.41, 5.74) is 4.14. The van der Waals surface area contributed by atoms with Crippen molar-refractivity contribution in [2.75, 3.05) is 5.32 Å². The van der Waals surface area contributed by atoms with E-state index in [2.05, 4.69) is 26.2 Å². The molecule has 0 fully saturated rings. The van der Waals surface area contributed by atoms with Gasteiger partial charge in [-0.3, -0.25) is 9.78 Å². The third kappa shape index (κ3) is 3.45. The van der Waals surface area contributed by atoms with Gasteiger partial charge in [0.15, 0.2) is 0 Å². The topological polar surface area (TPSA) is 45.2 Å². The van der Waals surface area contributed by atoms with Crippen LogP contribution >= 0.6 is 15.9 Å². The number of halogens is 2. The van der Waals surface area contributed by atoms with Crippen LogP contribution in [-0.2, 0) is 6.54 Å². The van der Waals surface area contributed by atoms with Crippen LogP contribution in [0.15, 0.2) is 65.3 Å². The molecule has 136 valence electrons. The van der Waals surface area contributed by atoms with Gasteiger partial charge in [-0.1, -0.05) is 28.1 Å². The number of anilines is 1. The van der Waals surface area contributed by atoms with Crippen molar-refractivity contribution in [3.8, 4) is 0 Å². The van der Waals surface area contributed by atoms with E-state index < -0.39 is 0 Å². The van der Waals surface area contributed by atoms with Crippen molar-refractivity contribution >= 4 is 27.5 Å². The number of carbonyl (C=O) groups excluding carboxylic acids is 1. The first-order chi connectivity index (χ1) is 13.0. The second-order valence-electron chi connectivity index (χ2n) is 6.51. The van der Waals surface area contributed by atoms with Crippen molar-refractivity contribution in [2.45, 2.75) is 19.6 Å². The van der Waals surface area contributed by atoms with Gasteiger partial charge in [0, 0.05) is 22.9 Å². The van der Waals surface area contributed by atoms with E-state index >= 15 is 0 Å². The second kappa shape index (κ2) is 7.12. The quantitative estimate of drug-likeness (QED) is 0.635. The number of hydrogen-bond acceptors (Lipinski definition) is 3. The lowest BCUT2D eigenvalue weighted by Gasteiger charge is -2.27. The fraction of sp³-hybridized carbons (Fsp3) is 0.143. The van der Waals surface area contributed by atoms with Gasteiger partial charge in [-0.2, -0.15) is 0 Å². The Morgan fingerprint density at radius 2 is 1.96 bits per heavy atom. The zero-order valence-corrected chi connectivity index (χ0v) is 16.2. The molecular weight excluding hydrogens is 409 g/mol. The summed E-state index contributed by atoms with van der Waals surface area (Å²) in [4.78, 5) is 19.1. The number of hydrogen-bond donors (Lipinski definition) is 1. The number of nitrogens with zero attached hydrogens (tertiary/aromatic N) is 2. The number of nitrogens with one attached hydrogen (secondary N) is 1. The number of rotatable bonds is 4. The highest BCUT2D eigenvalue weighted by atomic mass is 79.9. The molecule has 2 heterocycles. The Morgan fingerprint density at radius 1 is 1.19 bits per heavy atom. The number of fused-ring (bicyclic) bond motifs is 1. The molecule has 6 heteroatoms. The van der Waals surface area contributed by atoms with Gasteiger partial charge in [0.25, 0.3) is 5.91 Å². The molecule has 4 nitrogen and oxygen atoms in total. The molecule has 1 aliphatic heterocycles. The van der Waals surface area contributed by atoms with Crippen LogP contribution < -0.4 is 5.32 Å². The summed E-state index contributed by atoms with van der Waals surface area (Å²) in [7, 11) is 0. The fourth-order valence-electron chi connectivity index (χ4n) is 3.22. The molecule has 0 radical (unpaired) electrons. The Bertz CT molecular complexity index is 1010. The van der Waals surface area contributed by atoms with Gasteiger partial charge < -0.3 is 10.2 Å². The van der Waals surface area contributed by atoms with Crippen LogP contribution in [0.3, 0.4) is 0 Å². The van der Waals surface area contributed by atoms with E-state index in [0.29, 0.717) is 17.8 Å². The highest BCUT2D eigenvalue weighted by molar-refractivity contribution is 9.10. The number of amides is 1.